The molecule has 0 aliphatic heterocycles. The van der Waals surface area contributed by atoms with Gasteiger partial charge >= 0.3 is 12.5 Å². The Hall–Kier alpha value is -1.67. The van der Waals surface area contributed by atoms with E-state index in [0.29, 0.717) is 6.07 Å². The van der Waals surface area contributed by atoms with E-state index in [9.17, 15) is 31.1 Å². The third-order valence-corrected chi connectivity index (χ3v) is 1.70. The second kappa shape index (κ2) is 3.97. The minimum atomic E-state index is -5.14. The SMILES string of the molecule is Cc1cc(C(F)(F)F)[nH]c(=O)c1OC(F)(F)F. The summed E-state index contributed by atoms with van der Waals surface area (Å²) in [7, 11) is 0. The summed E-state index contributed by atoms with van der Waals surface area (Å²) in [5.41, 5.74) is -3.58. The van der Waals surface area contributed by atoms with Crippen LogP contribution in [0.25, 0.3) is 0 Å². The van der Waals surface area contributed by atoms with E-state index in [-0.39, 0.29) is 0 Å². The number of nitrogens with one attached hydrogen (secondary N) is 1. The molecule has 0 aliphatic rings. The molecule has 1 rings (SSSR count). The van der Waals surface area contributed by atoms with Crippen LogP contribution in [0, 0.1) is 6.92 Å². The Balaban J connectivity index is 3.26. The predicted molar refractivity (Wildman–Crippen MR) is 43.5 cm³/mol. The van der Waals surface area contributed by atoms with Crippen LogP contribution >= 0.6 is 0 Å². The number of halogens is 6. The molecule has 0 saturated carbocycles. The van der Waals surface area contributed by atoms with Crippen LogP contribution in [0.2, 0.25) is 0 Å². The number of hydrogen-bond donors (Lipinski definition) is 1. The standard InChI is InChI=1S/C8H5F6NO2/c1-3-2-4(7(9,10)11)15-6(16)5(3)17-8(12,13)14/h2H,1H3,(H,15,16). The molecule has 0 aliphatic carbocycles. The number of H-pyrrole nitrogens is 1. The van der Waals surface area contributed by atoms with E-state index < -0.39 is 35.1 Å². The third kappa shape index (κ3) is 3.40. The maximum Gasteiger partial charge on any atom is 0.573 e. The molecule has 0 saturated heterocycles. The normalized spacial score (nSPS) is 12.6. The molecule has 1 aromatic heterocycles. The Morgan fingerprint density at radius 3 is 2.06 bits per heavy atom. The van der Waals surface area contributed by atoms with Crippen molar-refractivity contribution in [2.75, 3.05) is 0 Å². The zero-order valence-corrected chi connectivity index (χ0v) is 8.16. The maximum atomic E-state index is 12.2. The van der Waals surface area contributed by atoms with Crippen molar-refractivity contribution in [2.45, 2.75) is 19.5 Å². The predicted octanol–water partition coefficient (Wildman–Crippen LogP) is 2.60. The molecule has 0 unspecified atom stereocenters. The van der Waals surface area contributed by atoms with Crippen LogP contribution in [-0.4, -0.2) is 11.3 Å². The molecule has 3 nitrogen and oxygen atoms in total. The van der Waals surface area contributed by atoms with Gasteiger partial charge in [0.15, 0.2) is 5.75 Å². The van der Waals surface area contributed by atoms with Crippen molar-refractivity contribution in [3.05, 3.63) is 27.7 Å². The molecular weight excluding hydrogens is 256 g/mol. The van der Waals surface area contributed by atoms with Crippen molar-refractivity contribution in [3.8, 4) is 5.75 Å². The van der Waals surface area contributed by atoms with Crippen molar-refractivity contribution in [2.24, 2.45) is 0 Å². The first-order chi connectivity index (χ1) is 7.50. The summed E-state index contributed by atoms with van der Waals surface area (Å²) in [5.74, 6) is -1.20. The second-order valence-electron chi connectivity index (χ2n) is 3.07. The van der Waals surface area contributed by atoms with Gasteiger partial charge in [0.25, 0.3) is 5.56 Å². The number of hydrogen-bond acceptors (Lipinski definition) is 2. The average molecular weight is 261 g/mol. The molecule has 1 aromatic rings. The lowest BCUT2D eigenvalue weighted by Crippen LogP contribution is -2.25. The summed E-state index contributed by atoms with van der Waals surface area (Å²) in [5, 5.41) is 0. The quantitative estimate of drug-likeness (QED) is 0.789. The topological polar surface area (TPSA) is 42.1 Å². The van der Waals surface area contributed by atoms with Gasteiger partial charge in [-0.2, -0.15) is 13.2 Å². The van der Waals surface area contributed by atoms with E-state index in [1.54, 1.807) is 0 Å². The first-order valence-electron chi connectivity index (χ1n) is 4.07. The molecule has 1 N–H and O–H groups in total. The van der Waals surface area contributed by atoms with Crippen LogP contribution < -0.4 is 10.3 Å². The maximum absolute atomic E-state index is 12.2. The minimum Gasteiger partial charge on any atom is -0.400 e. The van der Waals surface area contributed by atoms with Gasteiger partial charge in [-0.25, -0.2) is 0 Å². The van der Waals surface area contributed by atoms with E-state index in [2.05, 4.69) is 4.74 Å². The fourth-order valence-electron chi connectivity index (χ4n) is 1.07. The molecule has 0 amide bonds. The second-order valence-corrected chi connectivity index (χ2v) is 3.07. The highest BCUT2D eigenvalue weighted by molar-refractivity contribution is 5.32. The van der Waals surface area contributed by atoms with Gasteiger partial charge in [-0.3, -0.25) is 4.79 Å². The van der Waals surface area contributed by atoms with Crippen LogP contribution in [0.1, 0.15) is 11.3 Å². The minimum absolute atomic E-state index is 0.364. The van der Waals surface area contributed by atoms with Crippen LogP contribution in [0.15, 0.2) is 10.9 Å². The smallest absolute Gasteiger partial charge is 0.400 e. The van der Waals surface area contributed by atoms with Crippen LogP contribution in [0.4, 0.5) is 26.3 Å². The van der Waals surface area contributed by atoms with Crippen molar-refractivity contribution < 1.29 is 31.1 Å². The Bertz CT molecular complexity index is 472. The molecule has 96 valence electrons. The van der Waals surface area contributed by atoms with Gasteiger partial charge in [-0.1, -0.05) is 0 Å². The lowest BCUT2D eigenvalue weighted by Gasteiger charge is -2.12. The van der Waals surface area contributed by atoms with Crippen LogP contribution in [0.5, 0.6) is 5.75 Å². The number of aromatic nitrogens is 1. The van der Waals surface area contributed by atoms with Gasteiger partial charge in [-0.05, 0) is 18.6 Å². The number of aryl methyl sites for hydroxylation is 1. The summed E-state index contributed by atoms with van der Waals surface area (Å²) in [6.45, 7) is 0.908. The Labute approximate surface area is 90.0 Å². The summed E-state index contributed by atoms with van der Waals surface area (Å²) >= 11 is 0. The van der Waals surface area contributed by atoms with Crippen LogP contribution in [0.3, 0.4) is 0 Å². The number of ether oxygens (including phenoxy) is 1. The van der Waals surface area contributed by atoms with Crippen molar-refractivity contribution in [1.29, 1.82) is 0 Å². The lowest BCUT2D eigenvalue weighted by atomic mass is 10.2. The van der Waals surface area contributed by atoms with Crippen molar-refractivity contribution in [3.63, 3.8) is 0 Å². The highest BCUT2D eigenvalue weighted by Crippen LogP contribution is 2.30. The van der Waals surface area contributed by atoms with Gasteiger partial charge in [0, 0.05) is 0 Å². The fourth-order valence-corrected chi connectivity index (χ4v) is 1.07. The number of aromatic amines is 1. The number of alkyl halides is 6. The molecule has 0 aromatic carbocycles. The molecule has 0 radical (unpaired) electrons. The molecule has 17 heavy (non-hydrogen) atoms. The highest BCUT2D eigenvalue weighted by Gasteiger charge is 2.36. The summed E-state index contributed by atoms with van der Waals surface area (Å²) in [4.78, 5) is 12.3. The van der Waals surface area contributed by atoms with Gasteiger partial charge in [-0.15, -0.1) is 13.2 Å². The van der Waals surface area contributed by atoms with E-state index in [0.717, 1.165) is 6.92 Å². The monoisotopic (exact) mass is 261 g/mol. The molecule has 0 bridgehead atoms. The third-order valence-electron chi connectivity index (χ3n) is 1.70. The summed E-state index contributed by atoms with van der Waals surface area (Å²) in [6.07, 6.45) is -9.99. The molecule has 0 spiro atoms. The largest absolute Gasteiger partial charge is 0.573 e. The van der Waals surface area contributed by atoms with Gasteiger partial charge in [0.2, 0.25) is 0 Å². The van der Waals surface area contributed by atoms with Crippen LogP contribution in [-0.2, 0) is 6.18 Å². The van der Waals surface area contributed by atoms with Crippen molar-refractivity contribution in [1.82, 2.24) is 4.98 Å². The molecule has 0 fully saturated rings. The molecule has 9 heteroatoms. The fraction of sp³-hybridized carbons (Fsp3) is 0.375. The number of pyridine rings is 1. The lowest BCUT2D eigenvalue weighted by molar-refractivity contribution is -0.275. The summed E-state index contributed by atoms with van der Waals surface area (Å²) in [6, 6.07) is 0.364. The number of rotatable bonds is 1. The molecular formula is C8H5F6NO2. The summed E-state index contributed by atoms with van der Waals surface area (Å²) < 4.78 is 75.4. The van der Waals surface area contributed by atoms with E-state index in [4.69, 9.17) is 0 Å². The average Bonchev–Trinajstić information content (AvgIpc) is 2.07. The Kier molecular flexibility index (Phi) is 3.13. The Morgan fingerprint density at radius 2 is 1.71 bits per heavy atom. The van der Waals surface area contributed by atoms with Gasteiger partial charge in [0.1, 0.15) is 5.69 Å². The van der Waals surface area contributed by atoms with Crippen molar-refractivity contribution >= 4 is 0 Å². The van der Waals surface area contributed by atoms with Gasteiger partial charge in [0.05, 0.1) is 0 Å². The first-order valence-corrected chi connectivity index (χ1v) is 4.07. The zero-order valence-electron chi connectivity index (χ0n) is 8.16. The first kappa shape index (κ1) is 13.4. The molecule has 1 heterocycles. The van der Waals surface area contributed by atoms with E-state index in [1.807, 2.05) is 0 Å². The zero-order chi connectivity index (χ0) is 13.4. The Morgan fingerprint density at radius 1 is 1.18 bits per heavy atom. The molecule has 0 atom stereocenters. The van der Waals surface area contributed by atoms with E-state index in [1.165, 1.54) is 4.98 Å². The highest BCUT2D eigenvalue weighted by atomic mass is 19.4. The van der Waals surface area contributed by atoms with Gasteiger partial charge < -0.3 is 9.72 Å². The van der Waals surface area contributed by atoms with E-state index >= 15 is 0 Å².